The molecule has 0 saturated carbocycles. The number of nitrogens with zero attached hydrogens (tertiary/aromatic N) is 4. The Morgan fingerprint density at radius 3 is 2.81 bits per heavy atom. The Bertz CT molecular complexity index is 640. The molecule has 0 aliphatic rings. The molecule has 0 unspecified atom stereocenters. The largest absolute Gasteiger partial charge is 0.497 e. The number of ether oxygens (including phenoxy) is 1. The van der Waals surface area contributed by atoms with Gasteiger partial charge in [-0.2, -0.15) is 0 Å². The van der Waals surface area contributed by atoms with Gasteiger partial charge in [-0.1, -0.05) is 17.8 Å². The van der Waals surface area contributed by atoms with E-state index >= 15 is 0 Å². The molecule has 0 spiro atoms. The Labute approximate surface area is 128 Å². The van der Waals surface area contributed by atoms with E-state index in [0.29, 0.717) is 10.9 Å². The maximum absolute atomic E-state index is 11.7. The average Bonchev–Trinajstić information content (AvgIpc) is 2.85. The lowest BCUT2D eigenvalue weighted by Gasteiger charge is -2.11. The summed E-state index contributed by atoms with van der Waals surface area (Å²) in [4.78, 5) is 13.3. The van der Waals surface area contributed by atoms with Crippen LogP contribution in [0.15, 0.2) is 29.4 Å². The zero-order valence-corrected chi connectivity index (χ0v) is 13.3. The van der Waals surface area contributed by atoms with E-state index in [0.717, 1.165) is 17.3 Å². The standard InChI is InChI=1S/C14H18N4O2S/c1-10-15-16-14(21-9-13(19)17(2)3)18(10)11-6-5-7-12(8-11)20-4/h5-8H,9H2,1-4H3. The van der Waals surface area contributed by atoms with Gasteiger partial charge in [0.05, 0.1) is 18.6 Å². The summed E-state index contributed by atoms with van der Waals surface area (Å²) in [5.74, 6) is 1.90. The lowest BCUT2D eigenvalue weighted by atomic mass is 10.3. The first-order valence-corrected chi connectivity index (χ1v) is 7.41. The lowest BCUT2D eigenvalue weighted by Crippen LogP contribution is -2.23. The molecule has 1 aromatic heterocycles. The van der Waals surface area contributed by atoms with Crippen LogP contribution in [0.3, 0.4) is 0 Å². The van der Waals surface area contributed by atoms with Gasteiger partial charge < -0.3 is 9.64 Å². The normalized spacial score (nSPS) is 10.5. The Morgan fingerprint density at radius 1 is 1.38 bits per heavy atom. The molecule has 2 aromatic rings. The number of benzene rings is 1. The van der Waals surface area contributed by atoms with Crippen LogP contribution in [-0.4, -0.2) is 52.5 Å². The topological polar surface area (TPSA) is 60.2 Å². The van der Waals surface area contributed by atoms with Crippen molar-refractivity contribution < 1.29 is 9.53 Å². The van der Waals surface area contributed by atoms with Crippen LogP contribution in [0.4, 0.5) is 0 Å². The lowest BCUT2D eigenvalue weighted by molar-refractivity contribution is -0.125. The zero-order chi connectivity index (χ0) is 15.4. The van der Waals surface area contributed by atoms with E-state index < -0.39 is 0 Å². The van der Waals surface area contributed by atoms with Gasteiger partial charge in [-0.05, 0) is 19.1 Å². The summed E-state index contributed by atoms with van der Waals surface area (Å²) < 4.78 is 7.15. The molecule has 7 heteroatoms. The van der Waals surface area contributed by atoms with Gasteiger partial charge in [-0.3, -0.25) is 9.36 Å². The Hall–Kier alpha value is -2.02. The number of hydrogen-bond donors (Lipinski definition) is 0. The fourth-order valence-corrected chi connectivity index (χ4v) is 2.71. The van der Waals surface area contributed by atoms with Crippen molar-refractivity contribution in [3.63, 3.8) is 0 Å². The molecule has 21 heavy (non-hydrogen) atoms. The summed E-state index contributed by atoms with van der Waals surface area (Å²) in [7, 11) is 5.10. The molecule has 2 rings (SSSR count). The van der Waals surface area contributed by atoms with Crippen molar-refractivity contribution in [2.24, 2.45) is 0 Å². The Balaban J connectivity index is 2.27. The SMILES string of the molecule is COc1cccc(-n2c(C)nnc2SCC(=O)N(C)C)c1. The molecule has 0 atom stereocenters. The molecular formula is C14H18N4O2S. The number of aromatic nitrogens is 3. The van der Waals surface area contributed by atoms with Gasteiger partial charge in [0.25, 0.3) is 0 Å². The fraction of sp³-hybridized carbons (Fsp3) is 0.357. The van der Waals surface area contributed by atoms with E-state index in [2.05, 4.69) is 10.2 Å². The Morgan fingerprint density at radius 2 is 2.14 bits per heavy atom. The first-order chi connectivity index (χ1) is 10.0. The number of aryl methyl sites for hydroxylation is 1. The molecule has 0 N–H and O–H groups in total. The van der Waals surface area contributed by atoms with Crippen molar-refractivity contribution in [3.8, 4) is 11.4 Å². The quantitative estimate of drug-likeness (QED) is 0.788. The van der Waals surface area contributed by atoms with Crippen molar-refractivity contribution in [2.75, 3.05) is 27.0 Å². The van der Waals surface area contributed by atoms with Crippen molar-refractivity contribution in [3.05, 3.63) is 30.1 Å². The van der Waals surface area contributed by atoms with Crippen LogP contribution in [-0.2, 0) is 4.79 Å². The van der Waals surface area contributed by atoms with Crippen molar-refractivity contribution in [1.29, 1.82) is 0 Å². The van der Waals surface area contributed by atoms with Crippen LogP contribution in [0.1, 0.15) is 5.82 Å². The second kappa shape index (κ2) is 6.62. The summed E-state index contributed by atoms with van der Waals surface area (Å²) in [5.41, 5.74) is 0.914. The molecule has 1 aromatic carbocycles. The summed E-state index contributed by atoms with van der Waals surface area (Å²) in [6.45, 7) is 1.88. The van der Waals surface area contributed by atoms with Gasteiger partial charge in [0.1, 0.15) is 11.6 Å². The van der Waals surface area contributed by atoms with Gasteiger partial charge in [-0.15, -0.1) is 10.2 Å². The molecule has 0 radical (unpaired) electrons. The molecule has 0 bridgehead atoms. The summed E-state index contributed by atoms with van der Waals surface area (Å²) in [5, 5.41) is 8.93. The molecule has 1 heterocycles. The van der Waals surface area contributed by atoms with Crippen LogP contribution in [0.2, 0.25) is 0 Å². The molecule has 6 nitrogen and oxygen atoms in total. The van der Waals surface area contributed by atoms with Crippen LogP contribution in [0.5, 0.6) is 5.75 Å². The third-order valence-corrected chi connectivity index (χ3v) is 3.84. The highest BCUT2D eigenvalue weighted by Gasteiger charge is 2.14. The highest BCUT2D eigenvalue weighted by Crippen LogP contribution is 2.24. The summed E-state index contributed by atoms with van der Waals surface area (Å²) in [6.07, 6.45) is 0. The maximum atomic E-state index is 11.7. The minimum atomic E-state index is 0.0397. The first kappa shape index (κ1) is 15.4. The second-order valence-corrected chi connectivity index (χ2v) is 5.59. The van der Waals surface area contributed by atoms with E-state index in [1.54, 1.807) is 26.1 Å². The number of carbonyl (C=O) groups excluding carboxylic acids is 1. The zero-order valence-electron chi connectivity index (χ0n) is 12.5. The highest BCUT2D eigenvalue weighted by molar-refractivity contribution is 7.99. The van der Waals surface area contributed by atoms with Gasteiger partial charge in [0.15, 0.2) is 5.16 Å². The van der Waals surface area contributed by atoms with E-state index in [1.165, 1.54) is 11.8 Å². The van der Waals surface area contributed by atoms with Crippen LogP contribution >= 0.6 is 11.8 Å². The van der Waals surface area contributed by atoms with Gasteiger partial charge in [0.2, 0.25) is 5.91 Å². The third-order valence-electron chi connectivity index (χ3n) is 2.93. The van der Waals surface area contributed by atoms with E-state index in [-0.39, 0.29) is 5.91 Å². The van der Waals surface area contributed by atoms with E-state index in [4.69, 9.17) is 4.74 Å². The van der Waals surface area contributed by atoms with Gasteiger partial charge in [0, 0.05) is 20.2 Å². The number of rotatable bonds is 5. The smallest absolute Gasteiger partial charge is 0.232 e. The van der Waals surface area contributed by atoms with Crippen molar-refractivity contribution >= 4 is 17.7 Å². The van der Waals surface area contributed by atoms with Crippen LogP contribution in [0.25, 0.3) is 5.69 Å². The average molecular weight is 306 g/mol. The van der Waals surface area contributed by atoms with Crippen molar-refractivity contribution in [1.82, 2.24) is 19.7 Å². The summed E-state index contributed by atoms with van der Waals surface area (Å²) >= 11 is 1.37. The molecule has 0 saturated heterocycles. The molecule has 0 aliphatic carbocycles. The molecular weight excluding hydrogens is 288 g/mol. The first-order valence-electron chi connectivity index (χ1n) is 6.42. The predicted molar refractivity (Wildman–Crippen MR) is 82.1 cm³/mol. The molecule has 112 valence electrons. The number of amides is 1. The molecule has 1 amide bonds. The second-order valence-electron chi connectivity index (χ2n) is 4.64. The monoisotopic (exact) mass is 306 g/mol. The number of hydrogen-bond acceptors (Lipinski definition) is 5. The van der Waals surface area contributed by atoms with E-state index in [9.17, 15) is 4.79 Å². The van der Waals surface area contributed by atoms with Gasteiger partial charge in [-0.25, -0.2) is 0 Å². The van der Waals surface area contributed by atoms with E-state index in [1.807, 2.05) is 35.8 Å². The van der Waals surface area contributed by atoms with Gasteiger partial charge >= 0.3 is 0 Å². The Kier molecular flexibility index (Phi) is 4.85. The van der Waals surface area contributed by atoms with Crippen LogP contribution < -0.4 is 4.74 Å². The van der Waals surface area contributed by atoms with Crippen molar-refractivity contribution in [2.45, 2.75) is 12.1 Å². The highest BCUT2D eigenvalue weighted by atomic mass is 32.2. The number of carbonyl (C=O) groups is 1. The minimum absolute atomic E-state index is 0.0397. The number of thioether (sulfide) groups is 1. The third kappa shape index (κ3) is 3.55. The summed E-state index contributed by atoms with van der Waals surface area (Å²) in [6, 6.07) is 7.66. The van der Waals surface area contributed by atoms with Crippen LogP contribution in [0, 0.1) is 6.92 Å². The molecule has 0 aliphatic heterocycles. The molecule has 0 fully saturated rings. The maximum Gasteiger partial charge on any atom is 0.232 e. The fourth-order valence-electron chi connectivity index (χ4n) is 1.74. The predicted octanol–water partition coefficient (Wildman–Crippen LogP) is 1.76. The minimum Gasteiger partial charge on any atom is -0.497 e. The number of methoxy groups -OCH3 is 1.